The van der Waals surface area contributed by atoms with Gasteiger partial charge < -0.3 is 23.8 Å². The fourth-order valence-corrected chi connectivity index (χ4v) is 5.44. The van der Waals surface area contributed by atoms with Gasteiger partial charge in [-0.3, -0.25) is 23.7 Å². The zero-order valence-electron chi connectivity index (χ0n) is 22.5. The van der Waals surface area contributed by atoms with Crippen LogP contribution < -0.4 is 20.9 Å². The van der Waals surface area contributed by atoms with Gasteiger partial charge in [-0.1, -0.05) is 11.2 Å². The summed E-state index contributed by atoms with van der Waals surface area (Å²) in [7, 11) is -3.31. The summed E-state index contributed by atoms with van der Waals surface area (Å²) in [5.74, 6) is -1.56. The number of nitrogens with zero attached hydrogens (tertiary/aromatic N) is 4. The van der Waals surface area contributed by atoms with E-state index in [0.717, 1.165) is 16.8 Å². The van der Waals surface area contributed by atoms with Gasteiger partial charge in [0.05, 0.1) is 32.0 Å². The number of hydrogen-bond donors (Lipinski definition) is 3. The highest BCUT2D eigenvalue weighted by molar-refractivity contribution is 7.52. The first-order chi connectivity index (χ1) is 19.4. The van der Waals surface area contributed by atoms with Crippen LogP contribution in [0, 0.1) is 0 Å². The summed E-state index contributed by atoms with van der Waals surface area (Å²) in [5, 5.41) is 17.1. The molecule has 2 heterocycles. The van der Waals surface area contributed by atoms with E-state index in [-0.39, 0.29) is 17.9 Å². The molecule has 1 unspecified atom stereocenters. The molecule has 0 amide bonds. The van der Waals surface area contributed by atoms with E-state index in [0.29, 0.717) is 0 Å². The number of aromatic nitrogens is 2. The Bertz CT molecular complexity index is 1490. The molecule has 1 aliphatic rings. The number of ether oxygens (including phenoxy) is 3. The molecule has 18 heteroatoms. The Labute approximate surface area is 232 Å². The topological polar surface area (TPSA) is 233 Å². The van der Waals surface area contributed by atoms with Gasteiger partial charge >= 0.3 is 25.4 Å². The van der Waals surface area contributed by atoms with E-state index in [1.165, 1.54) is 45.2 Å². The van der Waals surface area contributed by atoms with Crippen molar-refractivity contribution in [2.75, 3.05) is 20.3 Å². The van der Waals surface area contributed by atoms with Crippen LogP contribution in [0.1, 0.15) is 37.4 Å². The maximum absolute atomic E-state index is 13.9. The fourth-order valence-electron chi connectivity index (χ4n) is 3.95. The summed E-state index contributed by atoms with van der Waals surface area (Å²) < 4.78 is 41.3. The Hall–Kier alpha value is -3.98. The number of H-pyrrole nitrogens is 1. The molecule has 0 aliphatic carbocycles. The molecule has 41 heavy (non-hydrogen) atoms. The van der Waals surface area contributed by atoms with Crippen molar-refractivity contribution >= 4 is 19.7 Å². The number of carbonyl (C=O) groups is 2. The Morgan fingerprint density at radius 2 is 2.10 bits per heavy atom. The molecular weight excluding hydrogens is 567 g/mol. The van der Waals surface area contributed by atoms with Crippen molar-refractivity contribution in [2.24, 2.45) is 5.11 Å². The minimum Gasteiger partial charge on any atom is -0.465 e. The van der Waals surface area contributed by atoms with Crippen LogP contribution in [0.15, 0.2) is 51.2 Å². The van der Waals surface area contributed by atoms with E-state index in [1.807, 2.05) is 4.98 Å². The molecule has 3 N–H and O–H groups in total. The molecule has 0 radical (unpaired) electrons. The van der Waals surface area contributed by atoms with Crippen molar-refractivity contribution in [3.63, 3.8) is 0 Å². The maximum atomic E-state index is 13.9. The standard InChI is InChI=1S/C23H29N6O11P/c1-5-37-19(32)13(2)26-41(35,40-15-8-6-7-14(11-15)20(33)36-4)38-12-16-18(31)23(3,27-28-24)21(39-16)29-10-9-17(30)25-22(29)34/h6-11,13,16,18,21,31H,5,12H2,1-4H3,(H,26,35)(H,25,30,34)/t13-,16+,18+,21+,23+,41?/m0/s1. The second-order valence-corrected chi connectivity index (χ2v) is 10.6. The first kappa shape index (κ1) is 31.5. The lowest BCUT2D eigenvalue weighted by atomic mass is 9.93. The lowest BCUT2D eigenvalue weighted by Gasteiger charge is -2.28. The molecule has 6 atom stereocenters. The normalized spacial score (nSPS) is 24.0. The van der Waals surface area contributed by atoms with Crippen molar-refractivity contribution < 1.29 is 42.5 Å². The number of esters is 2. The summed E-state index contributed by atoms with van der Waals surface area (Å²) >= 11 is 0. The number of methoxy groups -OCH3 is 1. The van der Waals surface area contributed by atoms with Crippen LogP contribution in [0.2, 0.25) is 0 Å². The van der Waals surface area contributed by atoms with Crippen molar-refractivity contribution in [1.29, 1.82) is 0 Å². The van der Waals surface area contributed by atoms with Gasteiger partial charge in [0.25, 0.3) is 5.56 Å². The summed E-state index contributed by atoms with van der Waals surface area (Å²) in [6.45, 7) is 3.63. The number of hydrogen-bond acceptors (Lipinski definition) is 12. The molecule has 1 fully saturated rings. The number of aliphatic hydroxyl groups is 1. The predicted molar refractivity (Wildman–Crippen MR) is 140 cm³/mol. The quantitative estimate of drug-likeness (QED) is 0.104. The van der Waals surface area contributed by atoms with Gasteiger partial charge in [-0.25, -0.2) is 14.2 Å². The lowest BCUT2D eigenvalue weighted by molar-refractivity contribution is -0.144. The number of aliphatic hydroxyl groups excluding tert-OH is 1. The smallest absolute Gasteiger partial charge is 0.459 e. The summed E-state index contributed by atoms with van der Waals surface area (Å²) in [6.07, 6.45) is -3.28. The molecule has 1 aromatic heterocycles. The molecule has 3 rings (SSSR count). The molecule has 1 aromatic carbocycles. The number of aromatic amines is 1. The SMILES string of the molecule is CCOC(=O)[C@H](C)NP(=O)(OC[C@H]1O[C@@H](n2ccc(=O)[nH]c2=O)[C@](C)(N=[N+]=[N-])[C@@H]1O)Oc1cccc(C(=O)OC)c1. The summed E-state index contributed by atoms with van der Waals surface area (Å²) in [6, 6.07) is 5.30. The second kappa shape index (κ2) is 13.1. The lowest BCUT2D eigenvalue weighted by Crippen LogP contribution is -2.45. The highest BCUT2D eigenvalue weighted by Crippen LogP contribution is 2.47. The summed E-state index contributed by atoms with van der Waals surface area (Å²) in [5.41, 5.74) is 5.84. The second-order valence-electron chi connectivity index (χ2n) is 8.91. The molecule has 222 valence electrons. The van der Waals surface area contributed by atoms with Gasteiger partial charge in [0.15, 0.2) is 6.23 Å². The van der Waals surface area contributed by atoms with Crippen LogP contribution in [-0.2, 0) is 28.1 Å². The highest BCUT2D eigenvalue weighted by Gasteiger charge is 2.55. The Morgan fingerprint density at radius 3 is 2.73 bits per heavy atom. The van der Waals surface area contributed by atoms with Crippen LogP contribution in [0.5, 0.6) is 5.75 Å². The largest absolute Gasteiger partial charge is 0.465 e. The first-order valence-electron chi connectivity index (χ1n) is 12.2. The van der Waals surface area contributed by atoms with Crippen LogP contribution in [0.4, 0.5) is 0 Å². The zero-order chi connectivity index (χ0) is 30.4. The molecular formula is C23H29N6O11P. The van der Waals surface area contributed by atoms with Crippen LogP contribution in [0.3, 0.4) is 0 Å². The van der Waals surface area contributed by atoms with Gasteiger partial charge in [-0.05, 0) is 44.5 Å². The molecule has 17 nitrogen and oxygen atoms in total. The van der Waals surface area contributed by atoms with Crippen molar-refractivity contribution in [3.05, 3.63) is 73.4 Å². The minimum absolute atomic E-state index is 0.0453. The monoisotopic (exact) mass is 596 g/mol. The van der Waals surface area contributed by atoms with E-state index in [9.17, 15) is 28.8 Å². The molecule has 1 saturated heterocycles. The van der Waals surface area contributed by atoms with Crippen LogP contribution in [-0.4, -0.2) is 70.7 Å². The number of benzene rings is 1. The van der Waals surface area contributed by atoms with Gasteiger partial charge in [-0.2, -0.15) is 5.09 Å². The van der Waals surface area contributed by atoms with Crippen molar-refractivity contribution in [3.8, 4) is 5.75 Å². The average Bonchev–Trinajstić information content (AvgIpc) is 3.16. The number of carbonyl (C=O) groups excluding carboxylic acids is 2. The zero-order valence-corrected chi connectivity index (χ0v) is 23.3. The van der Waals surface area contributed by atoms with Gasteiger partial charge in [-0.15, -0.1) is 0 Å². The third-order valence-corrected chi connectivity index (χ3v) is 7.64. The summed E-state index contributed by atoms with van der Waals surface area (Å²) in [4.78, 5) is 52.9. The van der Waals surface area contributed by atoms with Crippen LogP contribution >= 0.6 is 7.75 Å². The highest BCUT2D eigenvalue weighted by atomic mass is 31.2. The van der Waals surface area contributed by atoms with Crippen LogP contribution in [0.25, 0.3) is 10.4 Å². The molecule has 0 saturated carbocycles. The Morgan fingerprint density at radius 1 is 1.37 bits per heavy atom. The van der Waals surface area contributed by atoms with E-state index >= 15 is 0 Å². The van der Waals surface area contributed by atoms with E-state index in [4.69, 9.17) is 24.1 Å². The number of nitrogens with one attached hydrogen (secondary N) is 2. The third-order valence-electron chi connectivity index (χ3n) is 6.00. The predicted octanol–water partition coefficient (Wildman–Crippen LogP) is 1.40. The fraction of sp³-hybridized carbons (Fsp3) is 0.478. The molecule has 1 aliphatic heterocycles. The number of rotatable bonds is 12. The molecule has 2 aromatic rings. The van der Waals surface area contributed by atoms with Gasteiger partial charge in [0, 0.05) is 17.2 Å². The van der Waals surface area contributed by atoms with E-state index in [1.54, 1.807) is 6.92 Å². The van der Waals surface area contributed by atoms with Gasteiger partial charge in [0.1, 0.15) is 23.4 Å². The molecule has 0 bridgehead atoms. The van der Waals surface area contributed by atoms with Crippen molar-refractivity contribution in [2.45, 2.75) is 50.8 Å². The maximum Gasteiger partial charge on any atom is 0.459 e. The van der Waals surface area contributed by atoms with E-state index < -0.39 is 67.6 Å². The average molecular weight is 596 g/mol. The van der Waals surface area contributed by atoms with E-state index in [2.05, 4.69) is 19.9 Å². The Kier molecular flexibility index (Phi) is 10.1. The first-order valence-corrected chi connectivity index (χ1v) is 13.7. The Balaban J connectivity index is 1.91. The minimum atomic E-state index is -4.49. The van der Waals surface area contributed by atoms with Crippen molar-refractivity contribution in [1.82, 2.24) is 14.6 Å². The number of azide groups is 1. The van der Waals surface area contributed by atoms with Gasteiger partial charge in [0.2, 0.25) is 0 Å². The molecule has 0 spiro atoms. The third kappa shape index (κ3) is 7.21.